The van der Waals surface area contributed by atoms with Gasteiger partial charge in [-0.05, 0) is 56.2 Å². The molecule has 0 radical (unpaired) electrons. The van der Waals surface area contributed by atoms with Gasteiger partial charge in [0.15, 0.2) is 5.13 Å². The Kier molecular flexibility index (Phi) is 5.67. The molecule has 0 atom stereocenters. The highest BCUT2D eigenvalue weighted by Crippen LogP contribution is 2.36. The summed E-state index contributed by atoms with van der Waals surface area (Å²) in [6.45, 7) is 2.56. The van der Waals surface area contributed by atoms with E-state index in [9.17, 15) is 13.2 Å². The molecule has 1 aliphatic heterocycles. The number of aryl methyl sites for hydroxylation is 1. The average Bonchev–Trinajstić information content (AvgIpc) is 3.36. The van der Waals surface area contributed by atoms with Crippen LogP contribution in [0.2, 0.25) is 5.02 Å². The summed E-state index contributed by atoms with van der Waals surface area (Å²) in [5.41, 5.74) is 1.78. The van der Waals surface area contributed by atoms with Crippen molar-refractivity contribution in [3.05, 3.63) is 46.4 Å². The summed E-state index contributed by atoms with van der Waals surface area (Å²) < 4.78 is 29.2. The van der Waals surface area contributed by atoms with E-state index in [0.717, 1.165) is 25.4 Å². The first-order chi connectivity index (χ1) is 15.3. The number of amides is 1. The second kappa shape index (κ2) is 8.35. The zero-order valence-corrected chi connectivity index (χ0v) is 20.2. The second-order valence-corrected chi connectivity index (χ2v) is 12.2. The van der Waals surface area contributed by atoms with Gasteiger partial charge < -0.3 is 5.32 Å². The second-order valence-electron chi connectivity index (χ2n) is 7.64. The molecule has 0 aliphatic carbocycles. The number of hydrogen-bond acceptors (Lipinski definition) is 7. The minimum atomic E-state index is -3.60. The number of thiazole rings is 2. The van der Waals surface area contributed by atoms with E-state index < -0.39 is 10.0 Å². The quantitative estimate of drug-likeness (QED) is 0.424. The number of nitrogens with one attached hydrogen (secondary N) is 1. The minimum absolute atomic E-state index is 0.121. The average molecular weight is 507 g/mol. The molecule has 2 aromatic heterocycles. The van der Waals surface area contributed by atoms with E-state index in [0.29, 0.717) is 36.1 Å². The SMILES string of the molecule is Cc1nc2ccc3nc(NC(=O)C4CCN(S(=O)(=O)c5ccc(Cl)cc5)CC4)sc3c2s1. The molecule has 166 valence electrons. The molecular weight excluding hydrogens is 488 g/mol. The van der Waals surface area contributed by atoms with Gasteiger partial charge in [0.25, 0.3) is 0 Å². The van der Waals surface area contributed by atoms with Gasteiger partial charge in [-0.1, -0.05) is 22.9 Å². The number of anilines is 1. The maximum atomic E-state index is 12.8. The Labute approximate surface area is 198 Å². The van der Waals surface area contributed by atoms with Crippen LogP contribution in [0.4, 0.5) is 5.13 Å². The predicted molar refractivity (Wildman–Crippen MR) is 129 cm³/mol. The van der Waals surface area contributed by atoms with Crippen LogP contribution in [-0.2, 0) is 14.8 Å². The molecule has 5 rings (SSSR count). The third-order valence-electron chi connectivity index (χ3n) is 5.53. The Balaban J connectivity index is 1.26. The minimum Gasteiger partial charge on any atom is -0.302 e. The first-order valence-corrected chi connectivity index (χ1v) is 13.5. The zero-order chi connectivity index (χ0) is 22.5. The third kappa shape index (κ3) is 4.01. The van der Waals surface area contributed by atoms with Gasteiger partial charge in [0, 0.05) is 24.0 Å². The lowest BCUT2D eigenvalue weighted by molar-refractivity contribution is -0.120. The normalized spacial score (nSPS) is 16.1. The van der Waals surface area contributed by atoms with Crippen LogP contribution >= 0.6 is 34.3 Å². The van der Waals surface area contributed by atoms with Crippen LogP contribution < -0.4 is 5.32 Å². The molecule has 2 aromatic carbocycles. The topological polar surface area (TPSA) is 92.3 Å². The highest BCUT2D eigenvalue weighted by Gasteiger charge is 2.32. The Bertz CT molecular complexity index is 1420. The first-order valence-electron chi connectivity index (χ1n) is 10.0. The van der Waals surface area contributed by atoms with Crippen LogP contribution in [0.3, 0.4) is 0 Å². The maximum Gasteiger partial charge on any atom is 0.243 e. The molecule has 32 heavy (non-hydrogen) atoms. The van der Waals surface area contributed by atoms with Crippen LogP contribution in [0.15, 0.2) is 41.3 Å². The number of benzene rings is 2. The number of carbonyl (C=O) groups is 1. The van der Waals surface area contributed by atoms with Crippen LogP contribution in [0.25, 0.3) is 20.4 Å². The maximum absolute atomic E-state index is 12.8. The number of sulfonamides is 1. The summed E-state index contributed by atoms with van der Waals surface area (Å²) in [5.74, 6) is -0.381. The Morgan fingerprint density at radius 1 is 1.03 bits per heavy atom. The highest BCUT2D eigenvalue weighted by molar-refractivity contribution is 7.89. The van der Waals surface area contributed by atoms with Gasteiger partial charge >= 0.3 is 0 Å². The molecule has 0 saturated carbocycles. The molecule has 0 spiro atoms. The van der Waals surface area contributed by atoms with Gasteiger partial charge in [0.2, 0.25) is 15.9 Å². The standard InChI is InChI=1S/C21H19ClN4O3S3/c1-12-23-16-6-7-17-19(18(16)30-12)31-21(24-17)25-20(27)13-8-10-26(11-9-13)32(28,29)15-4-2-14(22)3-5-15/h2-7,13H,8-11H2,1H3,(H,24,25,27). The van der Waals surface area contributed by atoms with Crippen LogP contribution in [-0.4, -0.2) is 41.7 Å². The fraction of sp³-hybridized carbons (Fsp3) is 0.286. The molecule has 1 fully saturated rings. The number of hydrogen-bond donors (Lipinski definition) is 1. The Hall–Kier alpha value is -2.11. The largest absolute Gasteiger partial charge is 0.302 e. The molecule has 1 amide bonds. The van der Waals surface area contributed by atoms with E-state index in [1.807, 2.05) is 19.1 Å². The smallest absolute Gasteiger partial charge is 0.243 e. The number of nitrogens with zero attached hydrogens (tertiary/aromatic N) is 3. The Morgan fingerprint density at radius 2 is 1.66 bits per heavy atom. The number of halogens is 1. The summed E-state index contributed by atoms with van der Waals surface area (Å²) in [6, 6.07) is 10.0. The van der Waals surface area contributed by atoms with Crippen molar-refractivity contribution >= 4 is 75.8 Å². The van der Waals surface area contributed by atoms with Gasteiger partial charge in [-0.2, -0.15) is 4.31 Å². The highest BCUT2D eigenvalue weighted by atomic mass is 35.5. The molecule has 1 N–H and O–H groups in total. The molecule has 4 aromatic rings. The van der Waals surface area contributed by atoms with E-state index in [2.05, 4.69) is 15.3 Å². The third-order valence-corrected chi connectivity index (χ3v) is 9.83. The van der Waals surface area contributed by atoms with Gasteiger partial charge in [0.05, 0.1) is 30.3 Å². The van der Waals surface area contributed by atoms with Gasteiger partial charge in [-0.15, -0.1) is 11.3 Å². The van der Waals surface area contributed by atoms with Crippen LogP contribution in [0.5, 0.6) is 0 Å². The van der Waals surface area contributed by atoms with Gasteiger partial charge in [-0.25, -0.2) is 18.4 Å². The number of piperidine rings is 1. The summed E-state index contributed by atoms with van der Waals surface area (Å²) in [6.07, 6.45) is 0.920. The monoisotopic (exact) mass is 506 g/mol. The number of aromatic nitrogens is 2. The molecule has 7 nitrogen and oxygen atoms in total. The molecule has 1 aliphatic rings. The number of carbonyl (C=O) groups excluding carboxylic acids is 1. The molecule has 1 saturated heterocycles. The van der Waals surface area contributed by atoms with Crippen molar-refractivity contribution in [2.45, 2.75) is 24.7 Å². The number of rotatable bonds is 4. The van der Waals surface area contributed by atoms with Crippen LogP contribution in [0, 0.1) is 12.8 Å². The van der Waals surface area contributed by atoms with Gasteiger partial charge in [0.1, 0.15) is 0 Å². The van der Waals surface area contributed by atoms with E-state index in [-0.39, 0.29) is 16.7 Å². The van der Waals surface area contributed by atoms with Crippen molar-refractivity contribution < 1.29 is 13.2 Å². The lowest BCUT2D eigenvalue weighted by Gasteiger charge is -2.30. The summed E-state index contributed by atoms with van der Waals surface area (Å²) in [5, 5.41) is 4.97. The van der Waals surface area contributed by atoms with E-state index in [1.165, 1.54) is 27.8 Å². The Morgan fingerprint density at radius 3 is 2.34 bits per heavy atom. The zero-order valence-electron chi connectivity index (χ0n) is 17.0. The van der Waals surface area contributed by atoms with Crippen molar-refractivity contribution in [1.82, 2.24) is 14.3 Å². The molecular formula is C21H19ClN4O3S3. The first kappa shape index (κ1) is 21.7. The van der Waals surface area contributed by atoms with Gasteiger partial charge in [-0.3, -0.25) is 4.79 Å². The van der Waals surface area contributed by atoms with Crippen molar-refractivity contribution in [3.8, 4) is 0 Å². The number of fused-ring (bicyclic) bond motifs is 3. The predicted octanol–water partition coefficient (Wildman–Crippen LogP) is 4.91. The van der Waals surface area contributed by atoms with E-state index >= 15 is 0 Å². The molecule has 11 heteroatoms. The summed E-state index contributed by atoms with van der Waals surface area (Å²) in [7, 11) is -3.60. The molecule has 0 bridgehead atoms. The van der Waals surface area contributed by atoms with Crippen molar-refractivity contribution in [2.24, 2.45) is 5.92 Å². The molecule has 3 heterocycles. The lowest BCUT2D eigenvalue weighted by Crippen LogP contribution is -2.41. The fourth-order valence-electron chi connectivity index (χ4n) is 3.86. The molecule has 0 unspecified atom stereocenters. The van der Waals surface area contributed by atoms with Crippen molar-refractivity contribution in [1.29, 1.82) is 0 Å². The van der Waals surface area contributed by atoms with E-state index in [1.54, 1.807) is 23.5 Å². The van der Waals surface area contributed by atoms with Crippen molar-refractivity contribution in [2.75, 3.05) is 18.4 Å². The van der Waals surface area contributed by atoms with Crippen molar-refractivity contribution in [3.63, 3.8) is 0 Å². The summed E-state index contributed by atoms with van der Waals surface area (Å²) >= 11 is 8.93. The van der Waals surface area contributed by atoms with E-state index in [4.69, 9.17) is 11.6 Å². The lowest BCUT2D eigenvalue weighted by atomic mass is 9.97. The summed E-state index contributed by atoms with van der Waals surface area (Å²) in [4.78, 5) is 22.1. The van der Waals surface area contributed by atoms with Crippen LogP contribution in [0.1, 0.15) is 17.8 Å². The fourth-order valence-corrected chi connectivity index (χ4v) is 7.46.